The van der Waals surface area contributed by atoms with Gasteiger partial charge in [-0.3, -0.25) is 14.9 Å². The Kier molecular flexibility index (Phi) is 8.83. The monoisotopic (exact) mass is 381 g/mol. The van der Waals surface area contributed by atoms with E-state index >= 15 is 0 Å². The van der Waals surface area contributed by atoms with Gasteiger partial charge in [0.25, 0.3) is 5.69 Å². The Hall–Kier alpha value is -2.52. The van der Waals surface area contributed by atoms with Crippen LogP contribution in [0.1, 0.15) is 32.3 Å². The number of esters is 1. The number of nitrogens with zero attached hydrogens (tertiary/aromatic N) is 1. The molecule has 0 radical (unpaired) electrons. The molecule has 0 saturated heterocycles. The maximum Gasteiger partial charge on any atom is 0.328 e. The van der Waals surface area contributed by atoms with Crippen LogP contribution in [0.2, 0.25) is 0 Å². The van der Waals surface area contributed by atoms with Gasteiger partial charge >= 0.3 is 5.97 Å². The number of amides is 1. The van der Waals surface area contributed by atoms with Crippen molar-refractivity contribution < 1.29 is 24.4 Å². The van der Waals surface area contributed by atoms with E-state index < -0.39 is 35.0 Å². The van der Waals surface area contributed by atoms with Crippen LogP contribution in [-0.4, -0.2) is 47.2 Å². The molecule has 4 atom stereocenters. The summed E-state index contributed by atoms with van der Waals surface area (Å²) in [5.74, 6) is -1.24. The first-order chi connectivity index (χ1) is 12.7. The largest absolute Gasteiger partial charge is 0.467 e. The summed E-state index contributed by atoms with van der Waals surface area (Å²) in [6, 6.07) is 4.40. The molecule has 1 aromatic rings. The Bertz CT molecular complexity index is 666. The number of rotatable bonds is 10. The average Bonchev–Trinajstić information content (AvgIpc) is 2.64. The van der Waals surface area contributed by atoms with Crippen molar-refractivity contribution in [1.29, 1.82) is 0 Å². The van der Waals surface area contributed by atoms with Gasteiger partial charge in [0.1, 0.15) is 6.04 Å². The van der Waals surface area contributed by atoms with Crippen LogP contribution in [0.3, 0.4) is 0 Å². The molecule has 0 spiro atoms. The predicted molar refractivity (Wildman–Crippen MR) is 98.8 cm³/mol. The number of aliphatic hydroxyl groups excluding tert-OH is 1. The van der Waals surface area contributed by atoms with Crippen molar-refractivity contribution >= 4 is 17.6 Å². The van der Waals surface area contributed by atoms with Gasteiger partial charge in [-0.05, 0) is 12.3 Å². The first-order valence-electron chi connectivity index (χ1n) is 8.74. The van der Waals surface area contributed by atoms with Crippen molar-refractivity contribution in [3.8, 4) is 0 Å². The molecule has 0 aliphatic carbocycles. The summed E-state index contributed by atoms with van der Waals surface area (Å²) in [5.41, 5.74) is 6.21. The number of nitro benzene ring substituents is 1. The molecule has 0 heterocycles. The fourth-order valence-corrected chi connectivity index (χ4v) is 2.62. The number of nitrogens with two attached hydrogens (primary N) is 1. The molecular formula is C18H27N3O6. The number of carbonyl (C=O) groups excluding carboxylic acids is 2. The molecule has 150 valence electrons. The molecule has 1 unspecified atom stereocenters. The minimum atomic E-state index is -1.22. The Balaban J connectivity index is 2.71. The van der Waals surface area contributed by atoms with Crippen LogP contribution < -0.4 is 11.1 Å². The molecule has 1 rings (SSSR count). The van der Waals surface area contributed by atoms with Gasteiger partial charge in [-0.25, -0.2) is 4.79 Å². The number of hydrogen-bond donors (Lipinski definition) is 3. The van der Waals surface area contributed by atoms with Gasteiger partial charge in [-0.1, -0.05) is 38.5 Å². The van der Waals surface area contributed by atoms with Crippen LogP contribution in [-0.2, 0) is 20.7 Å². The molecule has 0 bridgehead atoms. The highest BCUT2D eigenvalue weighted by Gasteiger charge is 2.28. The molecule has 1 aromatic carbocycles. The molecule has 1 amide bonds. The van der Waals surface area contributed by atoms with Crippen molar-refractivity contribution in [1.82, 2.24) is 5.32 Å². The third-order valence-corrected chi connectivity index (χ3v) is 4.52. The van der Waals surface area contributed by atoms with Crippen molar-refractivity contribution in [2.24, 2.45) is 11.7 Å². The third-order valence-electron chi connectivity index (χ3n) is 4.52. The second-order valence-electron chi connectivity index (χ2n) is 6.48. The highest BCUT2D eigenvalue weighted by molar-refractivity contribution is 5.84. The fraction of sp³-hybridized carbons (Fsp3) is 0.556. The molecule has 0 saturated carbocycles. The zero-order chi connectivity index (χ0) is 20.6. The number of carbonyl (C=O) groups is 2. The number of methoxy groups -OCH3 is 1. The summed E-state index contributed by atoms with van der Waals surface area (Å²) >= 11 is 0. The van der Waals surface area contributed by atoms with Gasteiger partial charge in [0.2, 0.25) is 5.91 Å². The average molecular weight is 381 g/mol. The van der Waals surface area contributed by atoms with E-state index in [1.54, 1.807) is 25.1 Å². The highest BCUT2D eigenvalue weighted by Crippen LogP contribution is 2.20. The number of nitro groups is 1. The Labute approximate surface area is 158 Å². The smallest absolute Gasteiger partial charge is 0.328 e. The van der Waals surface area contributed by atoms with Crippen LogP contribution in [0.25, 0.3) is 0 Å². The SMILES string of the molecule is CC[C@H](C)[C@H](NC(=O)CC(O)[C@@H](N)Cc1ccccc1[N+](=O)[O-])C(=O)OC. The van der Waals surface area contributed by atoms with Crippen LogP contribution >= 0.6 is 0 Å². The Morgan fingerprint density at radius 3 is 2.56 bits per heavy atom. The van der Waals surface area contributed by atoms with Crippen molar-refractivity contribution in [3.05, 3.63) is 39.9 Å². The zero-order valence-corrected chi connectivity index (χ0v) is 15.8. The Morgan fingerprint density at radius 2 is 2.00 bits per heavy atom. The second kappa shape index (κ2) is 10.6. The van der Waals surface area contributed by atoms with E-state index in [1.165, 1.54) is 13.2 Å². The molecule has 0 fully saturated rings. The topological polar surface area (TPSA) is 145 Å². The summed E-state index contributed by atoms with van der Waals surface area (Å²) in [6.45, 7) is 3.68. The van der Waals surface area contributed by atoms with E-state index in [0.29, 0.717) is 12.0 Å². The number of hydrogen-bond acceptors (Lipinski definition) is 7. The van der Waals surface area contributed by atoms with Crippen LogP contribution in [0.15, 0.2) is 24.3 Å². The van der Waals surface area contributed by atoms with E-state index in [9.17, 15) is 24.8 Å². The van der Waals surface area contributed by atoms with Crippen LogP contribution in [0, 0.1) is 16.0 Å². The lowest BCUT2D eigenvalue weighted by atomic mass is 9.97. The molecular weight excluding hydrogens is 354 g/mol. The second-order valence-corrected chi connectivity index (χ2v) is 6.48. The maximum atomic E-state index is 12.2. The fourth-order valence-electron chi connectivity index (χ4n) is 2.62. The van der Waals surface area contributed by atoms with Gasteiger partial charge in [0.05, 0.1) is 24.6 Å². The normalized spacial score (nSPS) is 15.3. The Morgan fingerprint density at radius 1 is 1.37 bits per heavy atom. The molecule has 9 heteroatoms. The summed E-state index contributed by atoms with van der Waals surface area (Å²) in [6.07, 6.45) is -0.858. The molecule has 0 aromatic heterocycles. The van der Waals surface area contributed by atoms with Crippen LogP contribution in [0.4, 0.5) is 5.69 Å². The lowest BCUT2D eigenvalue weighted by molar-refractivity contribution is -0.385. The van der Waals surface area contributed by atoms with Gasteiger partial charge in [0, 0.05) is 17.7 Å². The van der Waals surface area contributed by atoms with Gasteiger partial charge in [-0.15, -0.1) is 0 Å². The van der Waals surface area contributed by atoms with Gasteiger partial charge in [0.15, 0.2) is 0 Å². The molecule has 27 heavy (non-hydrogen) atoms. The van der Waals surface area contributed by atoms with E-state index in [1.807, 2.05) is 6.92 Å². The van der Waals surface area contributed by atoms with E-state index in [4.69, 9.17) is 10.5 Å². The first kappa shape index (κ1) is 22.5. The molecule has 9 nitrogen and oxygen atoms in total. The standard InChI is InChI=1S/C18H27N3O6/c1-4-11(2)17(18(24)27-3)20-16(23)10-15(22)13(19)9-12-7-5-6-8-14(12)21(25)26/h5-8,11,13,15,17,22H,4,9-10,19H2,1-3H3,(H,20,23)/t11-,13-,15?,17-/m0/s1. The first-order valence-corrected chi connectivity index (χ1v) is 8.74. The number of nitrogens with one attached hydrogen (secondary N) is 1. The van der Waals surface area contributed by atoms with Gasteiger partial charge < -0.3 is 20.9 Å². The lowest BCUT2D eigenvalue weighted by Gasteiger charge is -2.23. The summed E-state index contributed by atoms with van der Waals surface area (Å²) in [4.78, 5) is 34.5. The maximum absolute atomic E-state index is 12.2. The van der Waals surface area contributed by atoms with Crippen LogP contribution in [0.5, 0.6) is 0 Å². The minimum absolute atomic E-state index is 0.0391. The predicted octanol–water partition coefficient (Wildman–Crippen LogP) is 0.920. The summed E-state index contributed by atoms with van der Waals surface area (Å²) in [7, 11) is 1.24. The number of benzene rings is 1. The quantitative estimate of drug-likeness (QED) is 0.310. The summed E-state index contributed by atoms with van der Waals surface area (Å²) < 4.78 is 4.70. The molecule has 0 aliphatic heterocycles. The van der Waals surface area contributed by atoms with Crippen molar-refractivity contribution in [2.45, 2.75) is 51.3 Å². The van der Waals surface area contributed by atoms with E-state index in [0.717, 1.165) is 0 Å². The lowest BCUT2D eigenvalue weighted by Crippen LogP contribution is -2.48. The van der Waals surface area contributed by atoms with Crippen molar-refractivity contribution in [2.75, 3.05) is 7.11 Å². The number of ether oxygens (including phenoxy) is 1. The molecule has 4 N–H and O–H groups in total. The van der Waals surface area contributed by atoms with Crippen molar-refractivity contribution in [3.63, 3.8) is 0 Å². The zero-order valence-electron chi connectivity index (χ0n) is 15.8. The minimum Gasteiger partial charge on any atom is -0.467 e. The third kappa shape index (κ3) is 6.61. The van der Waals surface area contributed by atoms with E-state index in [-0.39, 0.29) is 24.4 Å². The summed E-state index contributed by atoms with van der Waals surface area (Å²) in [5, 5.41) is 23.8. The number of aliphatic hydroxyl groups is 1. The number of para-hydroxylation sites is 1. The van der Waals surface area contributed by atoms with E-state index in [2.05, 4.69) is 5.32 Å². The highest BCUT2D eigenvalue weighted by atomic mass is 16.6. The molecule has 0 aliphatic rings. The van der Waals surface area contributed by atoms with Gasteiger partial charge in [-0.2, -0.15) is 0 Å².